The number of carbonyl (C=O) groups is 3. The van der Waals surface area contributed by atoms with E-state index in [4.69, 9.17) is 0 Å². The van der Waals surface area contributed by atoms with Crippen LogP contribution in [0.25, 0.3) is 11.1 Å². The van der Waals surface area contributed by atoms with Crippen molar-refractivity contribution in [2.75, 3.05) is 18.0 Å². The molecule has 9 heteroatoms. The number of nitrogens with zero attached hydrogens (tertiary/aromatic N) is 1. The molecule has 0 spiro atoms. The van der Waals surface area contributed by atoms with Crippen molar-refractivity contribution >= 4 is 23.4 Å². The minimum Gasteiger partial charge on any atom is -0.392 e. The zero-order chi connectivity index (χ0) is 29.6. The minimum atomic E-state index is -0.654. The number of hydrogen-bond acceptors (Lipinski definition) is 5. The van der Waals surface area contributed by atoms with Crippen LogP contribution < -0.4 is 20.9 Å². The van der Waals surface area contributed by atoms with Crippen molar-refractivity contribution < 1.29 is 19.5 Å². The van der Waals surface area contributed by atoms with Gasteiger partial charge in [-0.15, -0.1) is 0 Å². The standard InChI is InChI=1S/C32H41N5O4/c1-5-33-30(40)25-9-7-6-8-24(25)23-12-10-22(11-13-23)20-37-28-16-17-34-26(28)14-15-27(31(37)41)36-29(39)18-32(3,4)35-19-21(2)38/h6-13,16-17,21,27,34-35,38H,5,14-15,18-20H2,1-4H3,(H,33,40)(H,36,39)/t21-,27?/m1/s1. The number of hydrogen-bond donors (Lipinski definition) is 5. The van der Waals surface area contributed by atoms with E-state index in [9.17, 15) is 19.5 Å². The molecular formula is C32H41N5O4. The first kappa shape index (κ1) is 30.0. The highest BCUT2D eigenvalue weighted by Crippen LogP contribution is 2.29. The van der Waals surface area contributed by atoms with Crippen LogP contribution in [0, 0.1) is 0 Å². The topological polar surface area (TPSA) is 127 Å². The van der Waals surface area contributed by atoms with Gasteiger partial charge in [0.2, 0.25) is 11.8 Å². The van der Waals surface area contributed by atoms with Gasteiger partial charge in [-0.25, -0.2) is 0 Å². The summed E-state index contributed by atoms with van der Waals surface area (Å²) in [5, 5.41) is 18.6. The number of H-pyrrole nitrogens is 1. The van der Waals surface area contributed by atoms with Gasteiger partial charge in [-0.3, -0.25) is 14.4 Å². The number of carbonyl (C=O) groups excluding carboxylic acids is 3. The predicted molar refractivity (Wildman–Crippen MR) is 160 cm³/mol. The Morgan fingerprint density at radius 3 is 2.56 bits per heavy atom. The summed E-state index contributed by atoms with van der Waals surface area (Å²) < 4.78 is 0. The number of aliphatic hydroxyl groups is 1. The Kier molecular flexibility index (Phi) is 9.62. The summed E-state index contributed by atoms with van der Waals surface area (Å²) in [6, 6.07) is 16.6. The molecule has 0 saturated carbocycles. The summed E-state index contributed by atoms with van der Waals surface area (Å²) >= 11 is 0. The molecule has 9 nitrogen and oxygen atoms in total. The van der Waals surface area contributed by atoms with E-state index in [1.807, 2.05) is 81.6 Å². The molecule has 0 saturated heterocycles. The molecule has 2 heterocycles. The Labute approximate surface area is 241 Å². The smallest absolute Gasteiger partial charge is 0.251 e. The van der Waals surface area contributed by atoms with Crippen LogP contribution in [-0.2, 0) is 22.6 Å². The van der Waals surface area contributed by atoms with E-state index in [-0.39, 0.29) is 24.1 Å². The molecule has 5 N–H and O–H groups in total. The van der Waals surface area contributed by atoms with Crippen LogP contribution in [0.1, 0.15) is 62.2 Å². The summed E-state index contributed by atoms with van der Waals surface area (Å²) in [5.41, 5.74) is 4.55. The van der Waals surface area contributed by atoms with E-state index >= 15 is 0 Å². The zero-order valence-electron chi connectivity index (χ0n) is 24.3. The highest BCUT2D eigenvalue weighted by molar-refractivity contribution is 6.01. The van der Waals surface area contributed by atoms with Crippen molar-refractivity contribution in [3.8, 4) is 11.1 Å². The Morgan fingerprint density at radius 1 is 1.12 bits per heavy atom. The predicted octanol–water partition coefficient (Wildman–Crippen LogP) is 3.53. The number of nitrogens with one attached hydrogen (secondary N) is 4. The molecule has 0 fully saturated rings. The third-order valence-electron chi connectivity index (χ3n) is 7.27. The van der Waals surface area contributed by atoms with E-state index in [0.717, 1.165) is 28.1 Å². The number of β-amino-alcohol motifs (C(OH)–C–C–N with tert-alkyl or cyclic N) is 1. The van der Waals surface area contributed by atoms with Gasteiger partial charge in [-0.2, -0.15) is 0 Å². The van der Waals surface area contributed by atoms with Gasteiger partial charge in [0.05, 0.1) is 18.3 Å². The molecule has 0 bridgehead atoms. The Hall–Kier alpha value is -3.95. The highest BCUT2D eigenvalue weighted by Gasteiger charge is 2.33. The van der Waals surface area contributed by atoms with Gasteiger partial charge >= 0.3 is 0 Å². The van der Waals surface area contributed by atoms with Gasteiger partial charge in [0.25, 0.3) is 5.91 Å². The van der Waals surface area contributed by atoms with Crippen molar-refractivity contribution in [2.45, 2.75) is 71.2 Å². The van der Waals surface area contributed by atoms with Crippen LogP contribution in [-0.4, -0.2) is 58.6 Å². The maximum atomic E-state index is 13.8. The Balaban J connectivity index is 1.50. The second-order valence-corrected chi connectivity index (χ2v) is 11.3. The number of aliphatic hydroxyl groups excluding tert-OH is 1. The van der Waals surface area contributed by atoms with Crippen LogP contribution in [0.3, 0.4) is 0 Å². The van der Waals surface area contributed by atoms with E-state index in [1.165, 1.54) is 0 Å². The molecule has 3 aromatic rings. The fourth-order valence-corrected chi connectivity index (χ4v) is 5.16. The normalized spacial score (nSPS) is 16.1. The molecule has 3 amide bonds. The minimum absolute atomic E-state index is 0.113. The third kappa shape index (κ3) is 7.62. The number of rotatable bonds is 11. The molecule has 0 aliphatic carbocycles. The number of amides is 3. The first-order valence-electron chi connectivity index (χ1n) is 14.2. The van der Waals surface area contributed by atoms with Gasteiger partial charge in [-0.1, -0.05) is 42.5 Å². The molecule has 0 radical (unpaired) electrons. The molecule has 2 aromatic carbocycles. The number of benzene rings is 2. The second kappa shape index (κ2) is 13.1. The Bertz CT molecular complexity index is 1360. The van der Waals surface area contributed by atoms with Crippen LogP contribution in [0.5, 0.6) is 0 Å². The average molecular weight is 560 g/mol. The lowest BCUT2D eigenvalue weighted by atomic mass is 9.98. The van der Waals surface area contributed by atoms with Gasteiger partial charge < -0.3 is 30.9 Å². The highest BCUT2D eigenvalue weighted by atomic mass is 16.3. The number of aryl methyl sites for hydroxylation is 1. The SMILES string of the molecule is CCNC(=O)c1ccccc1-c1ccc(CN2C(=O)C(NC(=O)CC(C)(C)NC[C@@H](C)O)CCc3[nH]ccc32)cc1. The van der Waals surface area contributed by atoms with Crippen molar-refractivity contribution in [1.82, 2.24) is 20.9 Å². The van der Waals surface area contributed by atoms with Crippen LogP contribution in [0.15, 0.2) is 60.8 Å². The van der Waals surface area contributed by atoms with Crippen LogP contribution >= 0.6 is 0 Å². The molecule has 1 aliphatic heterocycles. The average Bonchev–Trinajstić information content (AvgIpc) is 3.37. The molecule has 218 valence electrons. The van der Waals surface area contributed by atoms with Gasteiger partial charge in [-0.05, 0) is 69.4 Å². The van der Waals surface area contributed by atoms with Crippen LogP contribution in [0.4, 0.5) is 5.69 Å². The van der Waals surface area contributed by atoms with Crippen molar-refractivity contribution in [1.29, 1.82) is 0 Å². The summed E-state index contributed by atoms with van der Waals surface area (Å²) in [5.74, 6) is -0.485. The van der Waals surface area contributed by atoms with Crippen molar-refractivity contribution in [3.63, 3.8) is 0 Å². The monoisotopic (exact) mass is 559 g/mol. The maximum Gasteiger partial charge on any atom is 0.251 e. The van der Waals surface area contributed by atoms with E-state index in [2.05, 4.69) is 20.9 Å². The first-order valence-corrected chi connectivity index (χ1v) is 14.2. The lowest BCUT2D eigenvalue weighted by molar-refractivity contribution is -0.128. The fraction of sp³-hybridized carbons (Fsp3) is 0.406. The quantitative estimate of drug-likeness (QED) is 0.246. The molecule has 1 unspecified atom stereocenters. The van der Waals surface area contributed by atoms with Crippen molar-refractivity contribution in [2.24, 2.45) is 0 Å². The summed E-state index contributed by atoms with van der Waals surface area (Å²) in [7, 11) is 0. The lowest BCUT2D eigenvalue weighted by Gasteiger charge is -2.29. The van der Waals surface area contributed by atoms with Crippen LogP contribution in [0.2, 0.25) is 0 Å². The number of aromatic amines is 1. The maximum absolute atomic E-state index is 13.8. The van der Waals surface area contributed by atoms with Gasteiger partial charge in [0.15, 0.2) is 0 Å². The van der Waals surface area contributed by atoms with E-state index < -0.39 is 17.7 Å². The first-order chi connectivity index (χ1) is 19.6. The fourth-order valence-electron chi connectivity index (χ4n) is 5.16. The van der Waals surface area contributed by atoms with Gasteiger partial charge in [0, 0.05) is 42.5 Å². The van der Waals surface area contributed by atoms with E-state index in [0.29, 0.717) is 38.0 Å². The third-order valence-corrected chi connectivity index (χ3v) is 7.27. The zero-order valence-corrected chi connectivity index (χ0v) is 24.3. The number of fused-ring (bicyclic) bond motifs is 1. The molecule has 1 aromatic heterocycles. The van der Waals surface area contributed by atoms with Gasteiger partial charge in [0.1, 0.15) is 6.04 Å². The van der Waals surface area contributed by atoms with E-state index in [1.54, 1.807) is 11.8 Å². The molecular weight excluding hydrogens is 518 g/mol. The molecule has 1 aliphatic rings. The summed E-state index contributed by atoms with van der Waals surface area (Å²) in [6.45, 7) is 8.66. The Morgan fingerprint density at radius 2 is 1.85 bits per heavy atom. The summed E-state index contributed by atoms with van der Waals surface area (Å²) in [6.07, 6.45) is 2.61. The molecule has 41 heavy (non-hydrogen) atoms. The lowest BCUT2D eigenvalue weighted by Crippen LogP contribution is -2.51. The summed E-state index contributed by atoms with van der Waals surface area (Å²) in [4.78, 5) is 44.3. The molecule has 2 atom stereocenters. The largest absolute Gasteiger partial charge is 0.392 e. The number of aromatic nitrogens is 1. The second-order valence-electron chi connectivity index (χ2n) is 11.3. The number of anilines is 1. The van der Waals surface area contributed by atoms with Crippen molar-refractivity contribution in [3.05, 3.63) is 77.6 Å². The molecule has 4 rings (SSSR count).